The molecule has 0 fully saturated rings. The van der Waals surface area contributed by atoms with Crippen LogP contribution in [-0.4, -0.2) is 20.0 Å². The van der Waals surface area contributed by atoms with E-state index in [1.165, 1.54) is 5.56 Å². The number of hydrogen-bond donors (Lipinski definition) is 0. The van der Waals surface area contributed by atoms with Crippen LogP contribution in [0.15, 0.2) is 24.3 Å². The van der Waals surface area contributed by atoms with Crippen LogP contribution in [0.5, 0.6) is 5.75 Å². The second-order valence-electron chi connectivity index (χ2n) is 2.50. The van der Waals surface area contributed by atoms with Gasteiger partial charge in [0.2, 0.25) is 13.7 Å². The van der Waals surface area contributed by atoms with Crippen molar-refractivity contribution >= 4 is 25.5 Å². The van der Waals surface area contributed by atoms with Crippen molar-refractivity contribution in [2.75, 3.05) is 6.26 Å². The summed E-state index contributed by atoms with van der Waals surface area (Å²) in [5.41, 5.74) is 1.20. The van der Waals surface area contributed by atoms with Crippen molar-refractivity contribution in [3.63, 3.8) is 0 Å². The van der Waals surface area contributed by atoms with Crippen LogP contribution in [-0.2, 0) is 5.75 Å². The fourth-order valence-electron chi connectivity index (χ4n) is 0.937. The van der Waals surface area contributed by atoms with E-state index in [2.05, 4.69) is 4.74 Å². The van der Waals surface area contributed by atoms with Gasteiger partial charge in [0.15, 0.2) is 0 Å². The normalized spacial score (nSPS) is 9.62. The van der Waals surface area contributed by atoms with E-state index >= 15 is 0 Å². The minimum absolute atomic E-state index is 0.484. The third kappa shape index (κ3) is 3.55. The molecule has 13 heavy (non-hydrogen) atoms. The Morgan fingerprint density at radius 3 is 2.54 bits per heavy atom. The van der Waals surface area contributed by atoms with Crippen LogP contribution in [0, 0.1) is 0 Å². The van der Waals surface area contributed by atoms with Crippen molar-refractivity contribution in [2.24, 2.45) is 0 Å². The first-order valence-corrected chi connectivity index (χ1v) is 5.17. The lowest BCUT2D eigenvalue weighted by Gasteiger charge is -2.02. The van der Waals surface area contributed by atoms with E-state index < -0.39 is 5.87 Å². The smallest absolute Gasteiger partial charge is 0.241 e. The molecule has 1 aromatic carbocycles. The standard InChI is InChI=1S/C9H9BO2S/c1-13-6-7-2-4-8(5-3-7)12-9(10)11/h2-5H,6H2,1H3. The van der Waals surface area contributed by atoms with Gasteiger partial charge in [-0.1, -0.05) is 12.1 Å². The number of carbonyl (C=O) groups is 1. The Bertz CT molecular complexity index is 284. The zero-order chi connectivity index (χ0) is 9.68. The number of rotatable bonds is 3. The van der Waals surface area contributed by atoms with Gasteiger partial charge in [-0.15, -0.1) is 0 Å². The molecule has 0 atom stereocenters. The van der Waals surface area contributed by atoms with Gasteiger partial charge in [-0.05, 0) is 24.0 Å². The van der Waals surface area contributed by atoms with Crippen molar-refractivity contribution in [3.05, 3.63) is 29.8 Å². The van der Waals surface area contributed by atoms with Crippen LogP contribution < -0.4 is 4.74 Å². The molecule has 0 aliphatic carbocycles. The highest BCUT2D eigenvalue weighted by molar-refractivity contribution is 7.97. The molecular formula is C9H9BO2S. The maximum absolute atomic E-state index is 10.4. The molecule has 0 unspecified atom stereocenters. The van der Waals surface area contributed by atoms with E-state index in [4.69, 9.17) is 7.85 Å². The fourth-order valence-corrected chi connectivity index (χ4v) is 1.46. The summed E-state index contributed by atoms with van der Waals surface area (Å²) in [6.07, 6.45) is 2.04. The molecular weight excluding hydrogens is 183 g/mol. The lowest BCUT2D eigenvalue weighted by molar-refractivity contribution is 0.225. The highest BCUT2D eigenvalue weighted by Crippen LogP contribution is 2.15. The summed E-state index contributed by atoms with van der Waals surface area (Å²) >= 11 is 1.74. The topological polar surface area (TPSA) is 26.3 Å². The predicted molar refractivity (Wildman–Crippen MR) is 55.4 cm³/mol. The van der Waals surface area contributed by atoms with Crippen molar-refractivity contribution in [2.45, 2.75) is 5.75 Å². The first kappa shape index (κ1) is 10.2. The molecule has 0 aliphatic heterocycles. The Hall–Kier alpha value is -0.895. The van der Waals surface area contributed by atoms with Gasteiger partial charge in [-0.3, -0.25) is 4.79 Å². The van der Waals surface area contributed by atoms with Gasteiger partial charge in [0.1, 0.15) is 5.75 Å². The van der Waals surface area contributed by atoms with Gasteiger partial charge >= 0.3 is 0 Å². The van der Waals surface area contributed by atoms with E-state index in [-0.39, 0.29) is 0 Å². The van der Waals surface area contributed by atoms with E-state index in [0.29, 0.717) is 5.75 Å². The Morgan fingerprint density at radius 1 is 1.46 bits per heavy atom. The third-order valence-electron chi connectivity index (χ3n) is 1.45. The first-order chi connectivity index (χ1) is 6.22. The van der Waals surface area contributed by atoms with Crippen LogP contribution in [0.3, 0.4) is 0 Å². The van der Waals surface area contributed by atoms with E-state index in [1.807, 2.05) is 18.4 Å². The molecule has 1 aromatic rings. The summed E-state index contributed by atoms with van der Waals surface area (Å²) in [4.78, 5) is 10.4. The molecule has 0 aliphatic rings. The zero-order valence-corrected chi connectivity index (χ0v) is 8.14. The first-order valence-electron chi connectivity index (χ1n) is 3.77. The van der Waals surface area contributed by atoms with E-state index in [1.54, 1.807) is 23.9 Å². The molecule has 0 spiro atoms. The van der Waals surface area contributed by atoms with Crippen LogP contribution in [0.25, 0.3) is 0 Å². The van der Waals surface area contributed by atoms with Gasteiger partial charge in [-0.2, -0.15) is 11.8 Å². The Labute approximate surface area is 83.1 Å². The van der Waals surface area contributed by atoms with Gasteiger partial charge in [0.25, 0.3) is 0 Å². The molecule has 0 amide bonds. The molecule has 0 saturated heterocycles. The number of hydrogen-bond acceptors (Lipinski definition) is 3. The summed E-state index contributed by atoms with van der Waals surface area (Å²) in [5, 5.41) is 0. The monoisotopic (exact) mass is 192 g/mol. The van der Waals surface area contributed by atoms with Crippen molar-refractivity contribution < 1.29 is 9.53 Å². The molecule has 4 heteroatoms. The van der Waals surface area contributed by atoms with Gasteiger partial charge in [0.05, 0.1) is 0 Å². The molecule has 2 nitrogen and oxygen atoms in total. The molecule has 66 valence electrons. The number of ether oxygens (including phenoxy) is 1. The summed E-state index contributed by atoms with van der Waals surface area (Å²) in [6.45, 7) is 0. The van der Waals surface area contributed by atoms with E-state index in [0.717, 1.165) is 5.75 Å². The fraction of sp³-hybridized carbons (Fsp3) is 0.222. The molecule has 1 rings (SSSR count). The summed E-state index contributed by atoms with van der Waals surface area (Å²) in [5.74, 6) is 0.659. The average Bonchev–Trinajstić information content (AvgIpc) is 2.08. The van der Waals surface area contributed by atoms with Gasteiger partial charge in [-0.25, -0.2) is 0 Å². The average molecular weight is 192 g/mol. The maximum atomic E-state index is 10.4. The lowest BCUT2D eigenvalue weighted by atomic mass is 10.2. The molecule has 0 saturated carbocycles. The molecule has 2 radical (unpaired) electrons. The summed E-state index contributed by atoms with van der Waals surface area (Å²) < 4.78 is 4.68. The van der Waals surface area contributed by atoms with Crippen LogP contribution >= 0.6 is 11.8 Å². The number of carbonyl (C=O) groups excluding carboxylic acids is 1. The third-order valence-corrected chi connectivity index (χ3v) is 2.07. The Morgan fingerprint density at radius 2 is 2.08 bits per heavy atom. The van der Waals surface area contributed by atoms with Crippen LogP contribution in [0.2, 0.25) is 0 Å². The second kappa shape index (κ2) is 4.97. The summed E-state index contributed by atoms with van der Waals surface area (Å²) in [6, 6.07) is 7.29. The van der Waals surface area contributed by atoms with Crippen molar-refractivity contribution in [1.82, 2.24) is 0 Å². The van der Waals surface area contributed by atoms with Crippen LogP contribution in [0.4, 0.5) is 4.79 Å². The van der Waals surface area contributed by atoms with Gasteiger partial charge in [0, 0.05) is 5.75 Å². The summed E-state index contributed by atoms with van der Waals surface area (Å²) in [7, 11) is 4.86. The second-order valence-corrected chi connectivity index (χ2v) is 3.36. The van der Waals surface area contributed by atoms with Crippen molar-refractivity contribution in [1.29, 1.82) is 0 Å². The lowest BCUT2D eigenvalue weighted by Crippen LogP contribution is -2.03. The number of benzene rings is 1. The Balaban J connectivity index is 2.64. The van der Waals surface area contributed by atoms with Crippen LogP contribution in [0.1, 0.15) is 5.56 Å². The minimum Gasteiger partial charge on any atom is -0.436 e. The molecule has 0 bridgehead atoms. The minimum atomic E-state index is -0.780. The highest BCUT2D eigenvalue weighted by atomic mass is 32.2. The Kier molecular flexibility index (Phi) is 3.89. The van der Waals surface area contributed by atoms with E-state index in [9.17, 15) is 4.79 Å². The zero-order valence-electron chi connectivity index (χ0n) is 7.32. The quantitative estimate of drug-likeness (QED) is 0.686. The molecule has 0 aromatic heterocycles. The largest absolute Gasteiger partial charge is 0.436 e. The van der Waals surface area contributed by atoms with Crippen molar-refractivity contribution in [3.8, 4) is 5.75 Å². The van der Waals surface area contributed by atoms with Gasteiger partial charge < -0.3 is 4.74 Å². The highest BCUT2D eigenvalue weighted by Gasteiger charge is 1.97. The SMILES string of the molecule is [B]C(=O)Oc1ccc(CSC)cc1. The predicted octanol–water partition coefficient (Wildman–Crippen LogP) is 2.22. The molecule has 0 heterocycles. The maximum Gasteiger partial charge on any atom is 0.241 e. The number of thioether (sulfide) groups is 1. The molecule has 0 N–H and O–H groups in total.